The first-order valence-electron chi connectivity index (χ1n) is 12.8. The molecule has 198 valence electrons. The van der Waals surface area contributed by atoms with Gasteiger partial charge in [0.2, 0.25) is 0 Å². The van der Waals surface area contributed by atoms with Crippen molar-refractivity contribution in [1.29, 1.82) is 0 Å². The van der Waals surface area contributed by atoms with E-state index in [0.717, 1.165) is 35.1 Å². The van der Waals surface area contributed by atoms with Crippen molar-refractivity contribution in [2.75, 3.05) is 26.2 Å². The summed E-state index contributed by atoms with van der Waals surface area (Å²) in [5, 5.41) is 16.6. The van der Waals surface area contributed by atoms with Gasteiger partial charge in [0.05, 0.1) is 11.3 Å². The molecular formula is C28H30ClN5O4. The minimum atomic E-state index is -0.498. The number of hydrogen-bond acceptors (Lipinski definition) is 7. The fraction of sp³-hybridized carbons (Fsp3) is 0.393. The van der Waals surface area contributed by atoms with Crippen molar-refractivity contribution in [1.82, 2.24) is 14.8 Å². The normalized spacial score (nSPS) is 21.8. The van der Waals surface area contributed by atoms with E-state index >= 15 is 0 Å². The van der Waals surface area contributed by atoms with Crippen LogP contribution in [-0.4, -0.2) is 81.3 Å². The lowest BCUT2D eigenvalue weighted by atomic mass is 10.0. The Hall–Kier alpha value is -3.56. The molecule has 3 aromatic rings. The number of likely N-dealkylation sites (tertiary alicyclic amines) is 2. The number of piperazine rings is 1. The maximum atomic E-state index is 12.5. The molecule has 0 radical (unpaired) electrons. The maximum absolute atomic E-state index is 12.5. The molecule has 0 unspecified atom stereocenters. The Balaban J connectivity index is 1.15. The predicted octanol–water partition coefficient (Wildman–Crippen LogP) is 5.08. The zero-order valence-corrected chi connectivity index (χ0v) is 22.3. The molecule has 4 heterocycles. The molecule has 2 atom stereocenters. The van der Waals surface area contributed by atoms with Crippen LogP contribution in [0.4, 0.5) is 10.5 Å². The SMILES string of the molecule is CC(C)(C)OC(=O)N1C[C@@H]2C[C@H]1CN2CCO/N=C1/C(c2c(O)[nH]c3ccc(Cl)cc23)=Nc2ccccc21. The number of ether oxygens (including phenoxy) is 1. The topological polar surface area (TPSA) is 103 Å². The fourth-order valence-electron chi connectivity index (χ4n) is 5.56. The van der Waals surface area contributed by atoms with Gasteiger partial charge in [-0.2, -0.15) is 0 Å². The summed E-state index contributed by atoms with van der Waals surface area (Å²) in [4.78, 5) is 30.3. The van der Waals surface area contributed by atoms with E-state index < -0.39 is 5.60 Å². The summed E-state index contributed by atoms with van der Waals surface area (Å²) in [7, 11) is 0. The Kier molecular flexibility index (Phi) is 6.07. The third-order valence-corrected chi connectivity index (χ3v) is 7.44. The highest BCUT2D eigenvalue weighted by molar-refractivity contribution is 6.58. The number of oxime groups is 1. The van der Waals surface area contributed by atoms with Crippen molar-refractivity contribution in [2.24, 2.45) is 10.1 Å². The van der Waals surface area contributed by atoms with E-state index in [2.05, 4.69) is 15.0 Å². The molecule has 1 amide bonds. The molecule has 1 aromatic heterocycles. The summed E-state index contributed by atoms with van der Waals surface area (Å²) < 4.78 is 5.56. The van der Waals surface area contributed by atoms with Crippen LogP contribution >= 0.6 is 11.6 Å². The van der Waals surface area contributed by atoms with Gasteiger partial charge in [-0.1, -0.05) is 35.0 Å². The number of nitrogens with zero attached hydrogens (tertiary/aromatic N) is 4. The number of carbonyl (C=O) groups is 1. The number of para-hydroxylation sites is 1. The second-order valence-electron chi connectivity index (χ2n) is 11.0. The molecule has 10 heteroatoms. The van der Waals surface area contributed by atoms with Crippen LogP contribution in [0.1, 0.15) is 38.3 Å². The summed E-state index contributed by atoms with van der Waals surface area (Å²) in [6.45, 7) is 8.21. The maximum Gasteiger partial charge on any atom is 0.410 e. The second-order valence-corrected chi connectivity index (χ2v) is 11.4. The third-order valence-electron chi connectivity index (χ3n) is 7.20. The average molecular weight is 536 g/mol. The highest BCUT2D eigenvalue weighted by Gasteiger charge is 2.46. The number of rotatable bonds is 5. The van der Waals surface area contributed by atoms with Gasteiger partial charge < -0.3 is 24.6 Å². The van der Waals surface area contributed by atoms with E-state index in [1.165, 1.54) is 0 Å². The fourth-order valence-corrected chi connectivity index (χ4v) is 5.74. The number of aromatic amines is 1. The molecule has 0 spiro atoms. The quantitative estimate of drug-likeness (QED) is 0.350. The Morgan fingerprint density at radius 1 is 1.21 bits per heavy atom. The van der Waals surface area contributed by atoms with E-state index in [9.17, 15) is 9.90 Å². The molecule has 2 saturated heterocycles. The summed E-state index contributed by atoms with van der Waals surface area (Å²) in [6.07, 6.45) is 0.709. The van der Waals surface area contributed by atoms with Crippen molar-refractivity contribution in [2.45, 2.75) is 44.9 Å². The van der Waals surface area contributed by atoms with Crippen LogP contribution < -0.4 is 0 Å². The number of nitrogens with one attached hydrogen (secondary N) is 1. The van der Waals surface area contributed by atoms with Crippen LogP contribution in [0.3, 0.4) is 0 Å². The van der Waals surface area contributed by atoms with Crippen LogP contribution in [-0.2, 0) is 9.57 Å². The molecule has 0 saturated carbocycles. The zero-order chi connectivity index (χ0) is 26.6. The van der Waals surface area contributed by atoms with Crippen molar-refractivity contribution >= 4 is 45.7 Å². The molecule has 3 aliphatic heterocycles. The zero-order valence-electron chi connectivity index (χ0n) is 21.6. The third kappa shape index (κ3) is 4.50. The number of H-pyrrole nitrogens is 1. The van der Waals surface area contributed by atoms with E-state index in [4.69, 9.17) is 26.2 Å². The van der Waals surface area contributed by atoms with E-state index in [1.807, 2.05) is 56.0 Å². The largest absolute Gasteiger partial charge is 0.494 e. The lowest BCUT2D eigenvalue weighted by Crippen LogP contribution is -2.50. The molecule has 2 fully saturated rings. The number of hydrogen-bond donors (Lipinski definition) is 2. The first-order valence-corrected chi connectivity index (χ1v) is 13.2. The molecule has 2 aromatic carbocycles. The van der Waals surface area contributed by atoms with Gasteiger partial charge in [0, 0.05) is 53.2 Å². The Morgan fingerprint density at radius 3 is 2.79 bits per heavy atom. The lowest BCUT2D eigenvalue weighted by molar-refractivity contribution is 0.0104. The van der Waals surface area contributed by atoms with Gasteiger partial charge in [0.15, 0.2) is 5.88 Å². The van der Waals surface area contributed by atoms with Gasteiger partial charge in [-0.3, -0.25) is 4.90 Å². The number of fused-ring (bicyclic) bond motifs is 4. The van der Waals surface area contributed by atoms with E-state index in [-0.39, 0.29) is 18.0 Å². The van der Waals surface area contributed by atoms with Gasteiger partial charge in [0.25, 0.3) is 0 Å². The van der Waals surface area contributed by atoms with Crippen molar-refractivity contribution in [3.05, 3.63) is 58.6 Å². The van der Waals surface area contributed by atoms with Crippen molar-refractivity contribution in [3.63, 3.8) is 0 Å². The minimum Gasteiger partial charge on any atom is -0.494 e. The molecule has 2 bridgehead atoms. The molecule has 6 rings (SSSR count). The number of aromatic hydroxyl groups is 1. The monoisotopic (exact) mass is 535 g/mol. The molecule has 9 nitrogen and oxygen atoms in total. The first kappa shape index (κ1) is 24.8. The summed E-state index contributed by atoms with van der Waals surface area (Å²) in [6, 6.07) is 13.5. The van der Waals surface area contributed by atoms with Crippen LogP contribution in [0.25, 0.3) is 10.9 Å². The summed E-state index contributed by atoms with van der Waals surface area (Å²) >= 11 is 6.25. The van der Waals surface area contributed by atoms with Gasteiger partial charge in [0.1, 0.15) is 23.6 Å². The lowest BCUT2D eigenvalue weighted by Gasteiger charge is -2.34. The van der Waals surface area contributed by atoms with E-state index in [1.54, 1.807) is 12.1 Å². The number of aliphatic imine (C=N–C) groups is 1. The van der Waals surface area contributed by atoms with Crippen LogP contribution in [0, 0.1) is 0 Å². The summed E-state index contributed by atoms with van der Waals surface area (Å²) in [5.41, 5.74) is 3.50. The Bertz CT molecular complexity index is 1470. The van der Waals surface area contributed by atoms with Crippen molar-refractivity contribution < 1.29 is 19.5 Å². The molecular weight excluding hydrogens is 506 g/mol. The number of carbonyl (C=O) groups excluding carboxylic acids is 1. The van der Waals surface area contributed by atoms with Crippen LogP contribution in [0.2, 0.25) is 5.02 Å². The van der Waals surface area contributed by atoms with Gasteiger partial charge in [-0.05, 0) is 51.5 Å². The minimum absolute atomic E-state index is 0.00385. The van der Waals surface area contributed by atoms with Gasteiger partial charge >= 0.3 is 6.09 Å². The number of amides is 1. The van der Waals surface area contributed by atoms with Crippen LogP contribution in [0.15, 0.2) is 52.6 Å². The van der Waals surface area contributed by atoms with E-state index in [0.29, 0.717) is 47.7 Å². The van der Waals surface area contributed by atoms with Gasteiger partial charge in [-0.25, -0.2) is 9.79 Å². The van der Waals surface area contributed by atoms with Crippen LogP contribution in [0.5, 0.6) is 5.88 Å². The van der Waals surface area contributed by atoms with Crippen molar-refractivity contribution in [3.8, 4) is 5.88 Å². The number of benzene rings is 2. The molecule has 3 aliphatic rings. The number of halogens is 1. The Morgan fingerprint density at radius 2 is 2.03 bits per heavy atom. The highest BCUT2D eigenvalue weighted by atomic mass is 35.5. The molecule has 38 heavy (non-hydrogen) atoms. The highest BCUT2D eigenvalue weighted by Crippen LogP contribution is 2.37. The van der Waals surface area contributed by atoms with Gasteiger partial charge in [-0.15, -0.1) is 0 Å². The smallest absolute Gasteiger partial charge is 0.410 e. The average Bonchev–Trinajstić information content (AvgIpc) is 3.61. The first-order chi connectivity index (χ1) is 18.2. The number of aromatic nitrogens is 1. The summed E-state index contributed by atoms with van der Waals surface area (Å²) in [5.74, 6) is 0.00385. The molecule has 0 aliphatic carbocycles. The predicted molar refractivity (Wildman–Crippen MR) is 147 cm³/mol. The standard InChI is InChI=1S/C28H30ClN5O4/c1-28(2,3)38-27(36)34-15-17-13-18(34)14-33(17)10-11-37-32-24-19-6-4-5-7-21(19)30-25(24)23-20-12-16(29)8-9-22(20)31-26(23)35/h4-9,12,17-18,31,35H,10-11,13-15H2,1-3H3/b32-24+/t17-,18-/m0/s1. The second kappa shape index (κ2) is 9.32. The molecule has 2 N–H and O–H groups in total. The Labute approximate surface area is 225 Å².